The molecule has 20 heavy (non-hydrogen) atoms. The molecule has 0 bridgehead atoms. The fraction of sp³-hybridized carbons (Fsp3) is 0.643. The maximum atomic E-state index is 11.6. The highest BCUT2D eigenvalue weighted by atomic mass is 32.2. The summed E-state index contributed by atoms with van der Waals surface area (Å²) in [6.07, 6.45) is 1.01. The minimum atomic E-state index is 0.133. The summed E-state index contributed by atoms with van der Waals surface area (Å²) >= 11 is 1.99. The zero-order valence-corrected chi connectivity index (χ0v) is 12.8. The minimum absolute atomic E-state index is 0.133. The van der Waals surface area contributed by atoms with Crippen LogP contribution >= 0.6 is 11.8 Å². The first-order valence-electron chi connectivity index (χ1n) is 7.10. The van der Waals surface area contributed by atoms with Crippen LogP contribution in [0.2, 0.25) is 0 Å². The van der Waals surface area contributed by atoms with Gasteiger partial charge in [0, 0.05) is 44.1 Å². The maximum Gasteiger partial charge on any atom is 0.220 e. The molecule has 2 fully saturated rings. The molecule has 0 saturated carbocycles. The molecule has 108 valence electrons. The SMILES string of the molecule is CC(=O)N1CC[C@@H]1c1cc(N2CCSCC2)nc(C)n1. The third-order valence-corrected chi connectivity index (χ3v) is 4.89. The van der Waals surface area contributed by atoms with Crippen molar-refractivity contribution in [3.8, 4) is 0 Å². The predicted octanol–water partition coefficient (Wildman–Crippen LogP) is 1.63. The summed E-state index contributed by atoms with van der Waals surface area (Å²) in [5.74, 6) is 4.26. The van der Waals surface area contributed by atoms with E-state index in [1.165, 1.54) is 0 Å². The Morgan fingerprint density at radius 2 is 2.05 bits per heavy atom. The van der Waals surface area contributed by atoms with Gasteiger partial charge in [-0.3, -0.25) is 4.79 Å². The first-order valence-corrected chi connectivity index (χ1v) is 8.26. The second kappa shape index (κ2) is 5.60. The van der Waals surface area contributed by atoms with Gasteiger partial charge in [-0.25, -0.2) is 9.97 Å². The van der Waals surface area contributed by atoms with Gasteiger partial charge in [-0.05, 0) is 13.3 Å². The van der Waals surface area contributed by atoms with Crippen LogP contribution in [0, 0.1) is 6.92 Å². The summed E-state index contributed by atoms with van der Waals surface area (Å²) < 4.78 is 0. The zero-order valence-electron chi connectivity index (χ0n) is 12.0. The average Bonchev–Trinajstić information content (AvgIpc) is 2.37. The third-order valence-electron chi connectivity index (χ3n) is 3.94. The van der Waals surface area contributed by atoms with Crippen molar-refractivity contribution in [3.63, 3.8) is 0 Å². The second-order valence-electron chi connectivity index (χ2n) is 5.31. The lowest BCUT2D eigenvalue weighted by molar-refractivity contribution is -0.136. The first-order chi connectivity index (χ1) is 9.65. The summed E-state index contributed by atoms with van der Waals surface area (Å²) in [6.45, 7) is 6.49. The highest BCUT2D eigenvalue weighted by molar-refractivity contribution is 7.99. The molecule has 1 aromatic rings. The second-order valence-corrected chi connectivity index (χ2v) is 6.54. The van der Waals surface area contributed by atoms with Crippen LogP contribution in [-0.4, -0.2) is 51.9 Å². The molecule has 2 aliphatic heterocycles. The smallest absolute Gasteiger partial charge is 0.220 e. The molecule has 6 heteroatoms. The standard InChI is InChI=1S/C14H20N4OS/c1-10-15-12(13-3-4-18(13)11(2)19)9-14(16-10)17-5-7-20-8-6-17/h9,13H,3-8H2,1-2H3/t13-/m1/s1. The van der Waals surface area contributed by atoms with E-state index in [0.717, 1.165) is 54.9 Å². The van der Waals surface area contributed by atoms with E-state index in [0.29, 0.717) is 0 Å². The summed E-state index contributed by atoms with van der Waals surface area (Å²) in [7, 11) is 0. The molecule has 0 aromatic carbocycles. The van der Waals surface area contributed by atoms with Crippen LogP contribution < -0.4 is 4.90 Å². The van der Waals surface area contributed by atoms with E-state index in [2.05, 4.69) is 20.9 Å². The largest absolute Gasteiger partial charge is 0.355 e. The summed E-state index contributed by atoms with van der Waals surface area (Å²) in [5.41, 5.74) is 0.993. The van der Waals surface area contributed by atoms with Crippen molar-refractivity contribution >= 4 is 23.5 Å². The fourth-order valence-electron chi connectivity index (χ4n) is 2.77. The van der Waals surface area contributed by atoms with Gasteiger partial charge in [-0.15, -0.1) is 0 Å². The number of aromatic nitrogens is 2. The lowest BCUT2D eigenvalue weighted by Gasteiger charge is -2.40. The van der Waals surface area contributed by atoms with Crippen molar-refractivity contribution in [2.24, 2.45) is 0 Å². The Morgan fingerprint density at radius 1 is 1.30 bits per heavy atom. The van der Waals surface area contributed by atoms with Crippen molar-refractivity contribution in [2.75, 3.05) is 36.0 Å². The van der Waals surface area contributed by atoms with Crippen LogP contribution in [0.4, 0.5) is 5.82 Å². The van der Waals surface area contributed by atoms with Gasteiger partial charge < -0.3 is 9.80 Å². The molecule has 0 N–H and O–H groups in total. The Balaban J connectivity index is 1.84. The van der Waals surface area contributed by atoms with E-state index in [1.54, 1.807) is 6.92 Å². The Morgan fingerprint density at radius 3 is 2.65 bits per heavy atom. The van der Waals surface area contributed by atoms with E-state index >= 15 is 0 Å². The number of nitrogens with zero attached hydrogens (tertiary/aromatic N) is 4. The van der Waals surface area contributed by atoms with Crippen LogP contribution in [-0.2, 0) is 4.79 Å². The number of hydrogen-bond donors (Lipinski definition) is 0. The fourth-order valence-corrected chi connectivity index (χ4v) is 3.67. The molecule has 2 saturated heterocycles. The van der Waals surface area contributed by atoms with Crippen LogP contribution in [0.1, 0.15) is 30.9 Å². The number of hydrogen-bond acceptors (Lipinski definition) is 5. The van der Waals surface area contributed by atoms with Crippen LogP contribution in [0.25, 0.3) is 0 Å². The molecule has 2 aliphatic rings. The highest BCUT2D eigenvalue weighted by Gasteiger charge is 2.33. The third kappa shape index (κ3) is 2.61. The molecule has 0 radical (unpaired) electrons. The first kappa shape index (κ1) is 13.7. The van der Waals surface area contributed by atoms with Crippen molar-refractivity contribution in [2.45, 2.75) is 26.3 Å². The lowest BCUT2D eigenvalue weighted by Crippen LogP contribution is -2.44. The van der Waals surface area contributed by atoms with E-state index in [9.17, 15) is 4.79 Å². The number of thioether (sulfide) groups is 1. The van der Waals surface area contributed by atoms with E-state index in [-0.39, 0.29) is 11.9 Å². The van der Waals surface area contributed by atoms with Crippen LogP contribution in [0.3, 0.4) is 0 Å². The van der Waals surface area contributed by atoms with Gasteiger partial charge in [0.2, 0.25) is 5.91 Å². The Labute approximate surface area is 123 Å². The Bertz CT molecular complexity index is 516. The predicted molar refractivity (Wildman–Crippen MR) is 81.1 cm³/mol. The van der Waals surface area contributed by atoms with Gasteiger partial charge in [0.05, 0.1) is 11.7 Å². The molecular formula is C14H20N4OS. The highest BCUT2D eigenvalue weighted by Crippen LogP contribution is 2.33. The quantitative estimate of drug-likeness (QED) is 0.829. The van der Waals surface area contributed by atoms with Gasteiger partial charge in [-0.2, -0.15) is 11.8 Å². The normalized spacial score (nSPS) is 22.6. The molecule has 1 amide bonds. The van der Waals surface area contributed by atoms with E-state index in [4.69, 9.17) is 0 Å². The van der Waals surface area contributed by atoms with Gasteiger partial charge >= 0.3 is 0 Å². The topological polar surface area (TPSA) is 49.3 Å². The number of rotatable bonds is 2. The number of amides is 1. The van der Waals surface area contributed by atoms with Gasteiger partial charge in [0.1, 0.15) is 11.6 Å². The Kier molecular flexibility index (Phi) is 3.83. The molecule has 1 atom stereocenters. The van der Waals surface area contributed by atoms with Gasteiger partial charge in [0.25, 0.3) is 0 Å². The zero-order chi connectivity index (χ0) is 14.1. The lowest BCUT2D eigenvalue weighted by atomic mass is 9.99. The number of aryl methyl sites for hydroxylation is 1. The molecular weight excluding hydrogens is 272 g/mol. The summed E-state index contributed by atoms with van der Waals surface area (Å²) in [4.78, 5) is 24.9. The van der Waals surface area contributed by atoms with Crippen molar-refractivity contribution in [3.05, 3.63) is 17.6 Å². The van der Waals surface area contributed by atoms with Crippen LogP contribution in [0.15, 0.2) is 6.07 Å². The Hall–Kier alpha value is -1.30. The molecule has 0 unspecified atom stereocenters. The molecule has 5 nitrogen and oxygen atoms in total. The minimum Gasteiger partial charge on any atom is -0.355 e. The maximum absolute atomic E-state index is 11.6. The molecule has 3 rings (SSSR count). The molecule has 0 spiro atoms. The van der Waals surface area contributed by atoms with Crippen molar-refractivity contribution < 1.29 is 4.79 Å². The number of likely N-dealkylation sites (tertiary alicyclic amines) is 1. The van der Waals surface area contributed by atoms with E-state index < -0.39 is 0 Å². The number of carbonyl (C=O) groups excluding carboxylic acids is 1. The molecule has 0 aliphatic carbocycles. The van der Waals surface area contributed by atoms with Gasteiger partial charge in [-0.1, -0.05) is 0 Å². The number of carbonyl (C=O) groups is 1. The monoisotopic (exact) mass is 292 g/mol. The van der Waals surface area contributed by atoms with Crippen LogP contribution in [0.5, 0.6) is 0 Å². The summed E-state index contributed by atoms with van der Waals surface area (Å²) in [5, 5.41) is 0. The molecule has 1 aromatic heterocycles. The average molecular weight is 292 g/mol. The number of anilines is 1. The van der Waals surface area contributed by atoms with E-state index in [1.807, 2.05) is 23.6 Å². The summed E-state index contributed by atoms with van der Waals surface area (Å²) in [6, 6.07) is 2.22. The molecule has 3 heterocycles. The van der Waals surface area contributed by atoms with Crippen molar-refractivity contribution in [1.29, 1.82) is 0 Å². The van der Waals surface area contributed by atoms with Gasteiger partial charge in [0.15, 0.2) is 0 Å². The van der Waals surface area contributed by atoms with Crippen molar-refractivity contribution in [1.82, 2.24) is 14.9 Å².